The first kappa shape index (κ1) is 17.1. The van der Waals surface area contributed by atoms with Crippen molar-refractivity contribution in [3.8, 4) is 0 Å². The molecule has 0 spiro atoms. The Morgan fingerprint density at radius 1 is 1.11 bits per heavy atom. The van der Waals surface area contributed by atoms with Crippen LogP contribution in [0.25, 0.3) is 10.2 Å². The monoisotopic (exact) mass is 383 g/mol. The highest BCUT2D eigenvalue weighted by molar-refractivity contribution is 7.22. The first-order chi connectivity index (χ1) is 13.3. The normalized spacial score (nSPS) is 23.3. The summed E-state index contributed by atoms with van der Waals surface area (Å²) >= 11 is 1.70. The molecule has 3 heterocycles. The third-order valence-corrected chi connectivity index (χ3v) is 6.69. The van der Waals surface area contributed by atoms with Crippen LogP contribution in [0.3, 0.4) is 0 Å². The molecule has 0 atom stereocenters. The van der Waals surface area contributed by atoms with Gasteiger partial charge in [0.25, 0.3) is 0 Å². The second-order valence-corrected chi connectivity index (χ2v) is 8.54. The van der Waals surface area contributed by atoms with E-state index in [2.05, 4.69) is 21.4 Å². The smallest absolute Gasteiger partial charge is 0.184 e. The van der Waals surface area contributed by atoms with Crippen molar-refractivity contribution in [1.29, 1.82) is 0 Å². The lowest BCUT2D eigenvalue weighted by Gasteiger charge is -2.37. The summed E-state index contributed by atoms with van der Waals surface area (Å²) in [6, 6.07) is 10.3. The number of thiazole rings is 1. The number of hydrogen-bond donors (Lipinski definition) is 1. The van der Waals surface area contributed by atoms with Crippen LogP contribution in [0.4, 0.5) is 9.52 Å². The van der Waals surface area contributed by atoms with Gasteiger partial charge in [0.2, 0.25) is 0 Å². The number of nitrogens with one attached hydrogen (secondary N) is 1. The average molecular weight is 383 g/mol. The Balaban J connectivity index is 1.29. The molecule has 1 saturated heterocycles. The van der Waals surface area contributed by atoms with Gasteiger partial charge in [0.15, 0.2) is 5.13 Å². The minimum Gasteiger partial charge on any atom is -0.381 e. The Labute approximate surface area is 161 Å². The third-order valence-electron chi connectivity index (χ3n) is 5.72. The summed E-state index contributed by atoms with van der Waals surface area (Å²) in [6.45, 7) is 1.51. The van der Waals surface area contributed by atoms with Crippen LogP contribution in [-0.4, -0.2) is 29.2 Å². The molecular formula is C21H22FN3OS. The Hall–Kier alpha value is -2.05. The molecule has 1 saturated carbocycles. The molecule has 1 aromatic carbocycles. The van der Waals surface area contributed by atoms with Gasteiger partial charge in [-0.3, -0.25) is 4.98 Å². The van der Waals surface area contributed by atoms with E-state index in [0.29, 0.717) is 17.9 Å². The fourth-order valence-corrected chi connectivity index (χ4v) is 5.15. The maximum Gasteiger partial charge on any atom is 0.184 e. The number of aromatic nitrogens is 2. The van der Waals surface area contributed by atoms with Crippen molar-refractivity contribution in [2.45, 2.75) is 43.6 Å². The summed E-state index contributed by atoms with van der Waals surface area (Å²) < 4.78 is 20.5. The summed E-state index contributed by atoms with van der Waals surface area (Å²) in [5.41, 5.74) is 3.23. The van der Waals surface area contributed by atoms with E-state index in [1.165, 1.54) is 10.9 Å². The summed E-state index contributed by atoms with van der Waals surface area (Å²) in [5, 5.41) is 4.55. The molecule has 0 unspecified atom stereocenters. The van der Waals surface area contributed by atoms with E-state index in [4.69, 9.17) is 4.74 Å². The second-order valence-electron chi connectivity index (χ2n) is 7.51. The molecule has 27 heavy (non-hydrogen) atoms. The van der Waals surface area contributed by atoms with Crippen LogP contribution in [0.2, 0.25) is 0 Å². The highest BCUT2D eigenvalue weighted by Crippen LogP contribution is 2.42. The highest BCUT2D eigenvalue weighted by atomic mass is 32.1. The minimum atomic E-state index is -0.233. The fourth-order valence-electron chi connectivity index (χ4n) is 4.21. The van der Waals surface area contributed by atoms with Gasteiger partial charge in [-0.1, -0.05) is 23.5 Å². The van der Waals surface area contributed by atoms with Crippen LogP contribution in [0.5, 0.6) is 0 Å². The summed E-state index contributed by atoms with van der Waals surface area (Å²) in [5.74, 6) is 0.535. The van der Waals surface area contributed by atoms with Gasteiger partial charge in [-0.25, -0.2) is 9.37 Å². The molecule has 0 bridgehead atoms. The van der Waals surface area contributed by atoms with Crippen molar-refractivity contribution < 1.29 is 9.13 Å². The topological polar surface area (TPSA) is 47.0 Å². The van der Waals surface area contributed by atoms with Crippen molar-refractivity contribution >= 4 is 26.7 Å². The highest BCUT2D eigenvalue weighted by Gasteiger charge is 2.35. The number of halogens is 1. The molecule has 2 aromatic heterocycles. The van der Waals surface area contributed by atoms with Gasteiger partial charge in [-0.15, -0.1) is 0 Å². The van der Waals surface area contributed by atoms with Gasteiger partial charge >= 0.3 is 0 Å². The maximum absolute atomic E-state index is 13.8. The number of nitrogens with zero attached hydrogens (tertiary/aromatic N) is 2. The molecule has 5 rings (SSSR count). The Morgan fingerprint density at radius 2 is 1.93 bits per heavy atom. The lowest BCUT2D eigenvalue weighted by atomic mass is 9.74. The summed E-state index contributed by atoms with van der Waals surface area (Å²) in [7, 11) is 0. The number of anilines is 1. The van der Waals surface area contributed by atoms with Gasteiger partial charge in [0.1, 0.15) is 5.82 Å². The molecule has 1 aliphatic heterocycles. The van der Waals surface area contributed by atoms with E-state index >= 15 is 0 Å². The van der Waals surface area contributed by atoms with Crippen molar-refractivity contribution in [3.63, 3.8) is 0 Å². The molecule has 2 aliphatic rings. The van der Waals surface area contributed by atoms with Gasteiger partial charge in [-0.05, 0) is 55.4 Å². The number of ether oxygens (including phenoxy) is 1. The molecule has 1 aliphatic carbocycles. The molecule has 140 valence electrons. The van der Waals surface area contributed by atoms with Gasteiger partial charge < -0.3 is 10.1 Å². The molecule has 6 heteroatoms. The SMILES string of the molecule is Fc1cnc([C@H]2C[C@H](Nc3nc4ccccc4s3)C2)c(C2CCOCC2)c1. The van der Waals surface area contributed by atoms with Crippen LogP contribution in [0, 0.1) is 5.82 Å². The van der Waals surface area contributed by atoms with Crippen molar-refractivity contribution in [2.24, 2.45) is 0 Å². The molecule has 4 nitrogen and oxygen atoms in total. The van der Waals surface area contributed by atoms with E-state index in [-0.39, 0.29) is 5.82 Å². The largest absolute Gasteiger partial charge is 0.381 e. The van der Waals surface area contributed by atoms with Gasteiger partial charge in [0.05, 0.1) is 16.4 Å². The Bertz CT molecular complexity index is 915. The van der Waals surface area contributed by atoms with Crippen LogP contribution in [-0.2, 0) is 4.74 Å². The van der Waals surface area contributed by atoms with Crippen molar-refractivity contribution in [3.05, 3.63) is 53.6 Å². The maximum atomic E-state index is 13.8. The van der Waals surface area contributed by atoms with Crippen molar-refractivity contribution in [2.75, 3.05) is 18.5 Å². The zero-order valence-electron chi connectivity index (χ0n) is 15.0. The van der Waals surface area contributed by atoms with Crippen LogP contribution < -0.4 is 5.32 Å². The summed E-state index contributed by atoms with van der Waals surface area (Å²) in [6.07, 6.45) is 5.32. The predicted octanol–water partition coefficient (Wildman–Crippen LogP) is 5.08. The lowest BCUT2D eigenvalue weighted by Crippen LogP contribution is -2.35. The van der Waals surface area contributed by atoms with Crippen molar-refractivity contribution in [1.82, 2.24) is 9.97 Å². The standard InChI is InChI=1S/C21H22FN3OS/c22-15-11-17(13-5-7-26-8-6-13)20(23-12-15)14-9-16(10-14)24-21-25-18-3-1-2-4-19(18)27-21/h1-4,11-14,16H,5-10H2,(H,24,25)/t14-,16-. The zero-order chi connectivity index (χ0) is 18.2. The van der Waals surface area contributed by atoms with E-state index in [9.17, 15) is 4.39 Å². The first-order valence-electron chi connectivity index (χ1n) is 9.61. The number of hydrogen-bond acceptors (Lipinski definition) is 5. The lowest BCUT2D eigenvalue weighted by molar-refractivity contribution is 0.0847. The predicted molar refractivity (Wildman–Crippen MR) is 106 cm³/mol. The third kappa shape index (κ3) is 3.44. The van der Waals surface area contributed by atoms with Crippen LogP contribution in [0.15, 0.2) is 36.5 Å². The van der Waals surface area contributed by atoms with E-state index < -0.39 is 0 Å². The van der Waals surface area contributed by atoms with E-state index in [0.717, 1.165) is 60.8 Å². The average Bonchev–Trinajstić information content (AvgIpc) is 3.08. The quantitative estimate of drug-likeness (QED) is 0.682. The Kier molecular flexibility index (Phi) is 4.53. The number of rotatable bonds is 4. The zero-order valence-corrected chi connectivity index (χ0v) is 15.8. The minimum absolute atomic E-state index is 0.233. The molecule has 0 radical (unpaired) electrons. The molecule has 0 amide bonds. The van der Waals surface area contributed by atoms with E-state index in [1.54, 1.807) is 17.4 Å². The molecule has 2 fully saturated rings. The number of fused-ring (bicyclic) bond motifs is 1. The Morgan fingerprint density at radius 3 is 2.74 bits per heavy atom. The first-order valence-corrected chi connectivity index (χ1v) is 10.4. The van der Waals surface area contributed by atoms with Crippen LogP contribution in [0.1, 0.15) is 48.8 Å². The molecule has 3 aromatic rings. The molecule has 1 N–H and O–H groups in total. The number of pyridine rings is 1. The summed E-state index contributed by atoms with van der Waals surface area (Å²) in [4.78, 5) is 9.16. The van der Waals surface area contributed by atoms with Crippen LogP contribution >= 0.6 is 11.3 Å². The number of benzene rings is 1. The second kappa shape index (κ2) is 7.17. The van der Waals surface area contributed by atoms with E-state index in [1.807, 2.05) is 18.2 Å². The van der Waals surface area contributed by atoms with Gasteiger partial charge in [-0.2, -0.15) is 0 Å². The number of para-hydroxylation sites is 1. The molecular weight excluding hydrogens is 361 g/mol. The van der Waals surface area contributed by atoms with Gasteiger partial charge in [0, 0.05) is 30.9 Å². The fraction of sp³-hybridized carbons (Fsp3) is 0.429.